The topological polar surface area (TPSA) is 0 Å². The lowest BCUT2D eigenvalue weighted by Crippen LogP contribution is -1.96. The largest absolute Gasteiger partial charge is 0.0612 e. The third-order valence-corrected chi connectivity index (χ3v) is 13.7. The fraction of sp³-hybridized carbons (Fsp3) is 0.143. The van der Waals surface area contributed by atoms with Crippen molar-refractivity contribution in [2.45, 2.75) is 13.3 Å². The summed E-state index contributed by atoms with van der Waals surface area (Å²) < 4.78 is 8.78. The lowest BCUT2D eigenvalue weighted by molar-refractivity contribution is 1.10. The van der Waals surface area contributed by atoms with Crippen molar-refractivity contribution >= 4 is 143 Å². The Morgan fingerprint density at radius 3 is 1.00 bits per heavy atom. The van der Waals surface area contributed by atoms with E-state index in [2.05, 4.69) is 150 Å². The van der Waals surface area contributed by atoms with E-state index < -0.39 is 0 Å². The Kier molecular flexibility index (Phi) is 8.48. The van der Waals surface area contributed by atoms with E-state index in [1.165, 1.54) is 5.56 Å². The standard InChI is InChI=1S/C14H5Br9/c1-2-3-6(15)8(17)4(9(18)7(3)16)5-10(19)12(21)14(23)13(22)11(5)20/h2H2,1H3. The van der Waals surface area contributed by atoms with Crippen LogP contribution in [0.3, 0.4) is 0 Å². The molecule has 0 unspecified atom stereocenters. The van der Waals surface area contributed by atoms with Crippen molar-refractivity contribution < 1.29 is 0 Å². The molecule has 0 nitrogen and oxygen atoms in total. The van der Waals surface area contributed by atoms with Gasteiger partial charge in [0, 0.05) is 51.4 Å². The highest BCUT2D eigenvalue weighted by Gasteiger charge is 2.25. The van der Waals surface area contributed by atoms with Crippen molar-refractivity contribution in [3.8, 4) is 11.1 Å². The Bertz CT molecular complexity index is 753. The summed E-state index contributed by atoms with van der Waals surface area (Å²) in [6, 6.07) is 0. The Labute approximate surface area is 210 Å². The molecule has 0 heterocycles. The molecule has 23 heavy (non-hydrogen) atoms. The molecule has 0 radical (unpaired) electrons. The van der Waals surface area contributed by atoms with E-state index in [1.807, 2.05) is 0 Å². The van der Waals surface area contributed by atoms with Crippen LogP contribution in [0.15, 0.2) is 40.3 Å². The van der Waals surface area contributed by atoms with Crippen molar-refractivity contribution in [3.05, 3.63) is 45.8 Å². The predicted molar refractivity (Wildman–Crippen MR) is 131 cm³/mol. The molecule has 2 aromatic carbocycles. The summed E-state index contributed by atoms with van der Waals surface area (Å²) in [6.45, 7) is 2.13. The van der Waals surface area contributed by atoms with E-state index in [-0.39, 0.29) is 0 Å². The van der Waals surface area contributed by atoms with Crippen LogP contribution in [0.1, 0.15) is 12.5 Å². The first-order valence-electron chi connectivity index (χ1n) is 6.01. The minimum atomic E-state index is 0.911. The van der Waals surface area contributed by atoms with Gasteiger partial charge in [-0.1, -0.05) is 6.92 Å². The van der Waals surface area contributed by atoms with Crippen molar-refractivity contribution in [1.29, 1.82) is 0 Å². The van der Waals surface area contributed by atoms with Gasteiger partial charge in [0.2, 0.25) is 0 Å². The van der Waals surface area contributed by atoms with Crippen molar-refractivity contribution in [3.63, 3.8) is 0 Å². The first-order valence-corrected chi connectivity index (χ1v) is 13.1. The second kappa shape index (κ2) is 8.84. The second-order valence-electron chi connectivity index (χ2n) is 4.41. The van der Waals surface area contributed by atoms with Gasteiger partial charge in [0.15, 0.2) is 0 Å². The molecule has 0 bridgehead atoms. The van der Waals surface area contributed by atoms with Gasteiger partial charge in [0.1, 0.15) is 0 Å². The van der Waals surface area contributed by atoms with E-state index in [4.69, 9.17) is 0 Å². The third-order valence-electron chi connectivity index (χ3n) is 3.17. The molecule has 0 amide bonds. The van der Waals surface area contributed by atoms with Gasteiger partial charge < -0.3 is 0 Å². The van der Waals surface area contributed by atoms with Crippen LogP contribution in [0, 0.1) is 0 Å². The zero-order chi connectivity index (χ0) is 17.6. The van der Waals surface area contributed by atoms with Gasteiger partial charge in [0.25, 0.3) is 0 Å². The molecule has 0 spiro atoms. The number of hydrogen-bond acceptors (Lipinski definition) is 0. The van der Waals surface area contributed by atoms with Gasteiger partial charge in [-0.2, -0.15) is 0 Å². The maximum absolute atomic E-state index is 3.75. The van der Waals surface area contributed by atoms with Gasteiger partial charge in [-0.25, -0.2) is 0 Å². The quantitative estimate of drug-likeness (QED) is 0.208. The summed E-state index contributed by atoms with van der Waals surface area (Å²) in [5.41, 5.74) is 3.26. The Morgan fingerprint density at radius 1 is 0.435 bits per heavy atom. The van der Waals surface area contributed by atoms with E-state index in [0.29, 0.717) is 0 Å². The minimum Gasteiger partial charge on any atom is -0.0612 e. The SMILES string of the molecule is CCc1c(Br)c(Br)c(-c2c(Br)c(Br)c(Br)c(Br)c2Br)c(Br)c1Br. The molecule has 124 valence electrons. The summed E-state index contributed by atoms with van der Waals surface area (Å²) in [5.74, 6) is 0. The van der Waals surface area contributed by atoms with Crippen LogP contribution in [0.25, 0.3) is 11.1 Å². The molecule has 0 N–H and O–H groups in total. The highest BCUT2D eigenvalue weighted by molar-refractivity contribution is 9.16. The van der Waals surface area contributed by atoms with Crippen LogP contribution in [0.5, 0.6) is 0 Å². The van der Waals surface area contributed by atoms with Gasteiger partial charge in [-0.3, -0.25) is 0 Å². The minimum absolute atomic E-state index is 0.911. The molecular formula is C14H5Br9. The summed E-state index contributed by atoms with van der Waals surface area (Å²) in [5, 5.41) is 0. The van der Waals surface area contributed by atoms with Gasteiger partial charge >= 0.3 is 0 Å². The molecule has 0 aliphatic rings. The summed E-state index contributed by atoms with van der Waals surface area (Å²) in [4.78, 5) is 0. The number of rotatable bonds is 2. The van der Waals surface area contributed by atoms with Crippen LogP contribution in [-0.4, -0.2) is 0 Å². The highest BCUT2D eigenvalue weighted by atomic mass is 79.9. The maximum atomic E-state index is 3.75. The monoisotopic (exact) mass is 883 g/mol. The normalized spacial score (nSPS) is 11.2. The Hall–Kier alpha value is 2.76. The number of halogens is 9. The molecule has 2 aromatic rings. The van der Waals surface area contributed by atoms with E-state index in [1.54, 1.807) is 0 Å². The van der Waals surface area contributed by atoms with Crippen LogP contribution >= 0.6 is 143 Å². The molecule has 0 saturated carbocycles. The van der Waals surface area contributed by atoms with Crippen molar-refractivity contribution in [2.75, 3.05) is 0 Å². The Balaban J connectivity index is 3.01. The lowest BCUT2D eigenvalue weighted by Gasteiger charge is -2.20. The fourth-order valence-corrected chi connectivity index (χ4v) is 8.63. The van der Waals surface area contributed by atoms with Crippen LogP contribution in [-0.2, 0) is 6.42 Å². The summed E-state index contributed by atoms with van der Waals surface area (Å²) in [7, 11) is 0. The molecule has 9 heteroatoms. The van der Waals surface area contributed by atoms with Gasteiger partial charge in [-0.05, 0) is 155 Å². The zero-order valence-corrected chi connectivity index (χ0v) is 25.4. The molecule has 0 aromatic heterocycles. The van der Waals surface area contributed by atoms with E-state index >= 15 is 0 Å². The average molecular weight is 892 g/mol. The van der Waals surface area contributed by atoms with Crippen LogP contribution in [0.4, 0.5) is 0 Å². The lowest BCUT2D eigenvalue weighted by atomic mass is 10.0. The molecule has 0 fully saturated rings. The third kappa shape index (κ3) is 3.98. The molecule has 0 atom stereocenters. The first kappa shape index (κ1) is 22.1. The van der Waals surface area contributed by atoms with E-state index in [0.717, 1.165) is 57.8 Å². The number of hydrogen-bond donors (Lipinski definition) is 0. The fourth-order valence-electron chi connectivity index (χ4n) is 2.03. The van der Waals surface area contributed by atoms with Crippen LogP contribution < -0.4 is 0 Å². The Morgan fingerprint density at radius 2 is 0.696 bits per heavy atom. The van der Waals surface area contributed by atoms with E-state index in [9.17, 15) is 0 Å². The predicted octanol–water partition coefficient (Wildman–Crippen LogP) is 10.8. The molecule has 0 aliphatic heterocycles. The highest BCUT2D eigenvalue weighted by Crippen LogP contribution is 2.54. The molecule has 0 saturated heterocycles. The summed E-state index contributed by atoms with van der Waals surface area (Å²) in [6.07, 6.45) is 0.911. The first-order chi connectivity index (χ1) is 10.6. The van der Waals surface area contributed by atoms with Crippen molar-refractivity contribution in [1.82, 2.24) is 0 Å². The maximum Gasteiger partial charge on any atom is 0.0482 e. The molecule has 2 rings (SSSR count). The van der Waals surface area contributed by atoms with Gasteiger partial charge in [0.05, 0.1) is 0 Å². The molecule has 0 aliphatic carbocycles. The van der Waals surface area contributed by atoms with Crippen molar-refractivity contribution in [2.24, 2.45) is 0 Å². The summed E-state index contributed by atoms with van der Waals surface area (Å²) >= 11 is 33.2. The second-order valence-corrected chi connectivity index (χ2v) is 11.5. The van der Waals surface area contributed by atoms with Crippen LogP contribution in [0.2, 0.25) is 0 Å². The number of benzene rings is 2. The van der Waals surface area contributed by atoms with Gasteiger partial charge in [-0.15, -0.1) is 0 Å². The molecular weight excluding hydrogens is 887 g/mol. The average Bonchev–Trinajstić information content (AvgIpc) is 2.53. The smallest absolute Gasteiger partial charge is 0.0482 e. The zero-order valence-electron chi connectivity index (χ0n) is 11.1.